The summed E-state index contributed by atoms with van der Waals surface area (Å²) in [5.41, 5.74) is 1.79. The van der Waals surface area contributed by atoms with Crippen molar-refractivity contribution in [2.75, 3.05) is 0 Å². The van der Waals surface area contributed by atoms with Crippen LogP contribution in [-0.4, -0.2) is 16.5 Å². The van der Waals surface area contributed by atoms with Gasteiger partial charge in [-0.3, -0.25) is 4.79 Å². The molecule has 4 heteroatoms. The number of carbonyl (C=O) groups is 1. The Morgan fingerprint density at radius 3 is 3.07 bits per heavy atom. The Hall–Kier alpha value is -2.23. The normalized spacial score (nSPS) is 10.9. The number of fused-ring (bicyclic) bond motifs is 1. The quantitative estimate of drug-likeness (QED) is 0.662. The van der Waals surface area contributed by atoms with E-state index in [1.54, 1.807) is 12.3 Å². The number of nitrogens with one attached hydrogen (secondary N) is 2. The minimum Gasteiger partial charge on any atom is -0.506 e. The van der Waals surface area contributed by atoms with E-state index in [0.29, 0.717) is 6.41 Å². The summed E-state index contributed by atoms with van der Waals surface area (Å²) in [5, 5.41) is 12.7. The minimum absolute atomic E-state index is 0.226. The van der Waals surface area contributed by atoms with Crippen LogP contribution in [-0.2, 0) is 4.79 Å². The maximum absolute atomic E-state index is 10.0. The lowest BCUT2D eigenvalue weighted by Crippen LogP contribution is -1.97. The zero-order valence-electron chi connectivity index (χ0n) is 7.90. The fourth-order valence-electron chi connectivity index (χ4n) is 1.41. The van der Waals surface area contributed by atoms with Gasteiger partial charge in [0.1, 0.15) is 5.75 Å². The maximum Gasteiger partial charge on any atom is 0.211 e. The molecule has 15 heavy (non-hydrogen) atoms. The van der Waals surface area contributed by atoms with E-state index in [2.05, 4.69) is 10.3 Å². The van der Waals surface area contributed by atoms with Gasteiger partial charge in [0, 0.05) is 23.3 Å². The minimum atomic E-state index is 0.226. The molecule has 0 spiro atoms. The van der Waals surface area contributed by atoms with E-state index in [9.17, 15) is 9.90 Å². The number of benzene rings is 1. The molecule has 0 saturated heterocycles. The fraction of sp³-hybridized carbons (Fsp3) is 0. The number of carbonyl (C=O) groups excluding carboxylic acids is 1. The highest BCUT2D eigenvalue weighted by atomic mass is 16.3. The topological polar surface area (TPSA) is 65.1 Å². The van der Waals surface area contributed by atoms with Crippen molar-refractivity contribution in [2.45, 2.75) is 0 Å². The van der Waals surface area contributed by atoms with Crippen LogP contribution >= 0.6 is 0 Å². The number of rotatable bonds is 3. The molecule has 2 aromatic rings. The lowest BCUT2D eigenvalue weighted by molar-refractivity contribution is -0.108. The summed E-state index contributed by atoms with van der Waals surface area (Å²) in [4.78, 5) is 12.9. The third-order valence-electron chi connectivity index (χ3n) is 2.12. The molecule has 1 heterocycles. The second-order valence-electron chi connectivity index (χ2n) is 3.10. The summed E-state index contributed by atoms with van der Waals surface area (Å²) < 4.78 is 0. The van der Waals surface area contributed by atoms with Crippen molar-refractivity contribution in [3.8, 4) is 5.75 Å². The molecule has 0 bridgehead atoms. The van der Waals surface area contributed by atoms with Gasteiger partial charge in [0.2, 0.25) is 6.41 Å². The summed E-state index contributed by atoms with van der Waals surface area (Å²) >= 11 is 0. The predicted octanol–water partition coefficient (Wildman–Crippen LogP) is 1.59. The summed E-state index contributed by atoms with van der Waals surface area (Å²) in [7, 11) is 0. The number of hydrogen-bond donors (Lipinski definition) is 3. The largest absolute Gasteiger partial charge is 0.506 e. The standard InChI is InChI=1S/C11H10N2O2/c14-7-12-4-3-8-1-2-10-9(5-8)11(15)6-13-10/h1-7,13,15H,(H,12,14). The number of aromatic hydroxyl groups is 1. The summed E-state index contributed by atoms with van der Waals surface area (Å²) in [6, 6.07) is 5.60. The first-order chi connectivity index (χ1) is 7.31. The van der Waals surface area contributed by atoms with E-state index >= 15 is 0 Å². The van der Waals surface area contributed by atoms with Crippen LogP contribution < -0.4 is 5.32 Å². The zero-order chi connectivity index (χ0) is 10.7. The highest BCUT2D eigenvalue weighted by Gasteiger charge is 2.00. The van der Waals surface area contributed by atoms with Crippen molar-refractivity contribution in [1.82, 2.24) is 10.3 Å². The van der Waals surface area contributed by atoms with Gasteiger partial charge >= 0.3 is 0 Å². The SMILES string of the molecule is O=CNC=Cc1ccc2[nH]cc(O)c2c1. The Bertz CT molecular complexity index is 514. The van der Waals surface area contributed by atoms with Crippen molar-refractivity contribution >= 4 is 23.4 Å². The third kappa shape index (κ3) is 1.83. The van der Waals surface area contributed by atoms with Gasteiger partial charge in [-0.25, -0.2) is 0 Å². The molecule has 4 nitrogen and oxygen atoms in total. The molecule has 1 aromatic heterocycles. The maximum atomic E-state index is 10.0. The van der Waals surface area contributed by atoms with Crippen molar-refractivity contribution in [2.24, 2.45) is 0 Å². The van der Waals surface area contributed by atoms with E-state index < -0.39 is 0 Å². The van der Waals surface area contributed by atoms with Crippen molar-refractivity contribution in [3.05, 3.63) is 36.2 Å². The zero-order valence-corrected chi connectivity index (χ0v) is 7.90. The molecule has 76 valence electrons. The predicted molar refractivity (Wildman–Crippen MR) is 58.2 cm³/mol. The number of aromatic nitrogens is 1. The highest BCUT2D eigenvalue weighted by molar-refractivity contribution is 5.87. The summed E-state index contributed by atoms with van der Waals surface area (Å²) in [6.45, 7) is 0. The van der Waals surface area contributed by atoms with E-state index in [1.165, 1.54) is 6.20 Å². The molecule has 0 radical (unpaired) electrons. The van der Waals surface area contributed by atoms with Crippen LogP contribution in [0, 0.1) is 0 Å². The lowest BCUT2D eigenvalue weighted by atomic mass is 10.1. The number of H-pyrrole nitrogens is 1. The van der Waals surface area contributed by atoms with Crippen LogP contribution in [0.25, 0.3) is 17.0 Å². The van der Waals surface area contributed by atoms with Gasteiger partial charge in [-0.1, -0.05) is 6.07 Å². The summed E-state index contributed by atoms with van der Waals surface area (Å²) in [6.07, 6.45) is 5.43. The Balaban J connectivity index is 2.37. The first-order valence-electron chi connectivity index (χ1n) is 4.47. The van der Waals surface area contributed by atoms with E-state index in [-0.39, 0.29) is 5.75 Å². The molecule has 0 atom stereocenters. The molecule has 1 aromatic carbocycles. The Kier molecular flexibility index (Phi) is 2.41. The van der Waals surface area contributed by atoms with E-state index in [4.69, 9.17) is 0 Å². The second-order valence-corrected chi connectivity index (χ2v) is 3.10. The van der Waals surface area contributed by atoms with Gasteiger partial charge in [-0.15, -0.1) is 0 Å². The molecule has 0 aliphatic rings. The van der Waals surface area contributed by atoms with Crippen LogP contribution in [0.15, 0.2) is 30.6 Å². The number of aromatic amines is 1. The van der Waals surface area contributed by atoms with Crippen molar-refractivity contribution < 1.29 is 9.90 Å². The van der Waals surface area contributed by atoms with Crippen LogP contribution in [0.4, 0.5) is 0 Å². The molecule has 0 aliphatic heterocycles. The van der Waals surface area contributed by atoms with E-state index in [0.717, 1.165) is 16.5 Å². The molecule has 1 amide bonds. The van der Waals surface area contributed by atoms with E-state index in [1.807, 2.05) is 18.2 Å². The molecule has 3 N–H and O–H groups in total. The first kappa shape index (κ1) is 9.33. The number of hydrogen-bond acceptors (Lipinski definition) is 2. The average molecular weight is 202 g/mol. The van der Waals surface area contributed by atoms with Gasteiger partial charge in [0.15, 0.2) is 0 Å². The second kappa shape index (κ2) is 3.88. The van der Waals surface area contributed by atoms with Crippen LogP contribution in [0.2, 0.25) is 0 Å². The van der Waals surface area contributed by atoms with Gasteiger partial charge < -0.3 is 15.4 Å². The molecule has 0 aliphatic carbocycles. The van der Waals surface area contributed by atoms with Gasteiger partial charge in [-0.05, 0) is 23.8 Å². The van der Waals surface area contributed by atoms with Crippen molar-refractivity contribution in [3.63, 3.8) is 0 Å². The Morgan fingerprint density at radius 2 is 2.27 bits per heavy atom. The fourth-order valence-corrected chi connectivity index (χ4v) is 1.41. The van der Waals surface area contributed by atoms with Crippen LogP contribution in [0.1, 0.15) is 5.56 Å². The summed E-state index contributed by atoms with van der Waals surface area (Å²) in [5.74, 6) is 0.226. The molecule has 0 fully saturated rings. The van der Waals surface area contributed by atoms with Crippen LogP contribution in [0.5, 0.6) is 5.75 Å². The average Bonchev–Trinajstić information content (AvgIpc) is 2.61. The molecular formula is C11H10N2O2. The molecule has 0 unspecified atom stereocenters. The third-order valence-corrected chi connectivity index (χ3v) is 2.12. The number of amides is 1. The Morgan fingerprint density at radius 1 is 1.40 bits per heavy atom. The van der Waals surface area contributed by atoms with Crippen LogP contribution in [0.3, 0.4) is 0 Å². The molecule has 0 saturated carbocycles. The Labute approximate surface area is 86.2 Å². The first-order valence-corrected chi connectivity index (χ1v) is 4.47. The molecule has 2 rings (SSSR count). The smallest absolute Gasteiger partial charge is 0.211 e. The van der Waals surface area contributed by atoms with Gasteiger partial charge in [0.05, 0.1) is 0 Å². The van der Waals surface area contributed by atoms with Crippen molar-refractivity contribution in [1.29, 1.82) is 0 Å². The highest BCUT2D eigenvalue weighted by Crippen LogP contribution is 2.25. The lowest BCUT2D eigenvalue weighted by Gasteiger charge is -1.95. The molecular weight excluding hydrogens is 192 g/mol. The monoisotopic (exact) mass is 202 g/mol. The van der Waals surface area contributed by atoms with Gasteiger partial charge in [0.25, 0.3) is 0 Å². The van der Waals surface area contributed by atoms with Gasteiger partial charge in [-0.2, -0.15) is 0 Å².